The summed E-state index contributed by atoms with van der Waals surface area (Å²) in [5.41, 5.74) is 8.56. The molecule has 132 valence electrons. The number of carbonyl (C=O) groups excluding carboxylic acids is 1. The van der Waals surface area contributed by atoms with Crippen LogP contribution in [0.15, 0.2) is 30.3 Å². The van der Waals surface area contributed by atoms with Crippen molar-refractivity contribution in [2.75, 3.05) is 24.1 Å². The third kappa shape index (κ3) is 3.90. The lowest BCUT2D eigenvalue weighted by Gasteiger charge is -2.34. The van der Waals surface area contributed by atoms with Crippen LogP contribution in [-0.2, 0) is 6.42 Å². The number of aromatic nitrogens is 2. The fourth-order valence-electron chi connectivity index (χ4n) is 3.30. The Balaban J connectivity index is 1.72. The number of benzene rings is 1. The van der Waals surface area contributed by atoms with E-state index in [0.29, 0.717) is 6.54 Å². The zero-order valence-electron chi connectivity index (χ0n) is 14.8. The van der Waals surface area contributed by atoms with Crippen molar-refractivity contribution in [3.8, 4) is 0 Å². The van der Waals surface area contributed by atoms with Gasteiger partial charge in [-0.05, 0) is 38.3 Å². The van der Waals surface area contributed by atoms with Gasteiger partial charge in [0.2, 0.25) is 5.95 Å². The second kappa shape index (κ2) is 7.51. The van der Waals surface area contributed by atoms with Crippen molar-refractivity contribution in [1.29, 1.82) is 0 Å². The van der Waals surface area contributed by atoms with E-state index in [1.165, 1.54) is 0 Å². The molecule has 6 heteroatoms. The van der Waals surface area contributed by atoms with Gasteiger partial charge in [0.05, 0.1) is 5.69 Å². The van der Waals surface area contributed by atoms with Crippen LogP contribution in [0.5, 0.6) is 0 Å². The van der Waals surface area contributed by atoms with Crippen LogP contribution in [-0.4, -0.2) is 39.9 Å². The lowest BCUT2D eigenvalue weighted by atomic mass is 10.0. The number of nitrogen functional groups attached to an aromatic ring is 1. The lowest BCUT2D eigenvalue weighted by molar-refractivity contribution is 0.0714. The van der Waals surface area contributed by atoms with E-state index in [0.717, 1.165) is 48.4 Å². The highest BCUT2D eigenvalue weighted by atomic mass is 16.2. The molecule has 0 spiro atoms. The van der Waals surface area contributed by atoms with Gasteiger partial charge in [0.1, 0.15) is 5.82 Å². The first-order valence-corrected chi connectivity index (χ1v) is 8.82. The summed E-state index contributed by atoms with van der Waals surface area (Å²) in [6.07, 6.45) is 2.79. The Bertz CT molecular complexity index is 747. The maximum absolute atomic E-state index is 12.7. The minimum atomic E-state index is 0.0836. The fourth-order valence-corrected chi connectivity index (χ4v) is 3.30. The molecule has 1 aromatic carbocycles. The first-order valence-electron chi connectivity index (χ1n) is 8.82. The summed E-state index contributed by atoms with van der Waals surface area (Å²) in [5.74, 6) is 1.15. The molecular formula is C19H25N5O. The summed E-state index contributed by atoms with van der Waals surface area (Å²) in [6, 6.07) is 9.60. The Labute approximate surface area is 148 Å². The normalized spacial score (nSPS) is 17.4. The van der Waals surface area contributed by atoms with Gasteiger partial charge >= 0.3 is 0 Å². The van der Waals surface area contributed by atoms with E-state index in [-0.39, 0.29) is 17.9 Å². The topological polar surface area (TPSA) is 84.1 Å². The lowest BCUT2D eigenvalue weighted by Crippen LogP contribution is -2.45. The molecule has 2 heterocycles. The monoisotopic (exact) mass is 339 g/mol. The maximum atomic E-state index is 12.7. The molecule has 0 unspecified atom stereocenters. The number of hydrogen-bond donors (Lipinski definition) is 2. The van der Waals surface area contributed by atoms with Crippen molar-refractivity contribution >= 4 is 17.7 Å². The highest BCUT2D eigenvalue weighted by Crippen LogP contribution is 2.21. The first-order chi connectivity index (χ1) is 12.1. The molecule has 1 aliphatic rings. The van der Waals surface area contributed by atoms with Gasteiger partial charge in [0, 0.05) is 30.3 Å². The van der Waals surface area contributed by atoms with Crippen molar-refractivity contribution in [2.45, 2.75) is 39.2 Å². The molecule has 0 saturated carbocycles. The Morgan fingerprint density at radius 3 is 2.80 bits per heavy atom. The summed E-state index contributed by atoms with van der Waals surface area (Å²) in [5, 5.41) is 3.48. The number of nitrogens with two attached hydrogens (primary N) is 1. The Kier molecular flexibility index (Phi) is 5.16. The molecule has 25 heavy (non-hydrogen) atoms. The Hall–Kier alpha value is -2.63. The van der Waals surface area contributed by atoms with Gasteiger partial charge in [-0.1, -0.05) is 25.1 Å². The number of carbonyl (C=O) groups is 1. The van der Waals surface area contributed by atoms with Crippen LogP contribution in [0.25, 0.3) is 0 Å². The smallest absolute Gasteiger partial charge is 0.253 e. The zero-order valence-corrected chi connectivity index (χ0v) is 14.8. The number of likely N-dealkylation sites (tertiary alicyclic amines) is 1. The quantitative estimate of drug-likeness (QED) is 0.894. The van der Waals surface area contributed by atoms with Gasteiger partial charge in [-0.3, -0.25) is 4.79 Å². The van der Waals surface area contributed by atoms with E-state index in [1.54, 1.807) is 0 Å². The molecule has 1 aromatic heterocycles. The van der Waals surface area contributed by atoms with E-state index < -0.39 is 0 Å². The van der Waals surface area contributed by atoms with Crippen LogP contribution >= 0.6 is 0 Å². The van der Waals surface area contributed by atoms with Crippen molar-refractivity contribution < 1.29 is 4.79 Å². The summed E-state index contributed by atoms with van der Waals surface area (Å²) in [6.45, 7) is 5.52. The molecule has 3 N–H and O–H groups in total. The number of nitrogens with zero attached hydrogens (tertiary/aromatic N) is 3. The number of piperidine rings is 1. The van der Waals surface area contributed by atoms with Gasteiger partial charge in [-0.25, -0.2) is 4.98 Å². The average molecular weight is 339 g/mol. The van der Waals surface area contributed by atoms with E-state index in [9.17, 15) is 4.79 Å². The highest BCUT2D eigenvalue weighted by molar-refractivity contribution is 5.94. The molecule has 1 saturated heterocycles. The summed E-state index contributed by atoms with van der Waals surface area (Å²) < 4.78 is 0. The Morgan fingerprint density at radius 2 is 2.08 bits per heavy atom. The third-order valence-corrected chi connectivity index (χ3v) is 4.67. The minimum absolute atomic E-state index is 0.0836. The summed E-state index contributed by atoms with van der Waals surface area (Å²) in [7, 11) is 0. The van der Waals surface area contributed by atoms with Crippen molar-refractivity contribution in [3.63, 3.8) is 0 Å². The van der Waals surface area contributed by atoms with Gasteiger partial charge < -0.3 is 16.0 Å². The molecule has 1 fully saturated rings. The largest absolute Gasteiger partial charge is 0.368 e. The molecule has 1 atom stereocenters. The highest BCUT2D eigenvalue weighted by Gasteiger charge is 2.25. The number of hydrogen-bond acceptors (Lipinski definition) is 5. The molecule has 0 aliphatic carbocycles. The number of amides is 1. The predicted molar refractivity (Wildman–Crippen MR) is 99.5 cm³/mol. The van der Waals surface area contributed by atoms with Crippen molar-refractivity contribution in [3.05, 3.63) is 47.2 Å². The number of nitrogens with one attached hydrogen (secondary N) is 1. The molecule has 3 rings (SSSR count). The SMILES string of the molecule is CCc1nc(N)nc(N[C@@H]2CCCN(C(=O)c3ccccc3)C2)c1C. The van der Waals surface area contributed by atoms with E-state index in [1.807, 2.05) is 42.2 Å². The Morgan fingerprint density at radius 1 is 1.32 bits per heavy atom. The maximum Gasteiger partial charge on any atom is 0.253 e. The van der Waals surface area contributed by atoms with Gasteiger partial charge in [-0.15, -0.1) is 0 Å². The van der Waals surface area contributed by atoms with E-state index >= 15 is 0 Å². The van der Waals surface area contributed by atoms with Crippen LogP contribution in [0, 0.1) is 6.92 Å². The molecule has 6 nitrogen and oxygen atoms in total. The minimum Gasteiger partial charge on any atom is -0.368 e. The molecule has 0 bridgehead atoms. The molecule has 1 aliphatic heterocycles. The average Bonchev–Trinajstić information content (AvgIpc) is 2.64. The number of aryl methyl sites for hydroxylation is 1. The zero-order chi connectivity index (χ0) is 17.8. The second-order valence-corrected chi connectivity index (χ2v) is 6.46. The van der Waals surface area contributed by atoms with Gasteiger partial charge in [-0.2, -0.15) is 4.98 Å². The standard InChI is InChI=1S/C19H25N5O/c1-3-16-13(2)17(23-19(20)22-16)21-15-10-7-11-24(12-15)18(25)14-8-5-4-6-9-14/h4-6,8-9,15H,3,7,10-12H2,1-2H3,(H3,20,21,22,23)/t15-/m1/s1. The fraction of sp³-hybridized carbons (Fsp3) is 0.421. The molecule has 1 amide bonds. The third-order valence-electron chi connectivity index (χ3n) is 4.67. The molecular weight excluding hydrogens is 314 g/mol. The van der Waals surface area contributed by atoms with Crippen molar-refractivity contribution in [1.82, 2.24) is 14.9 Å². The van der Waals surface area contributed by atoms with Crippen molar-refractivity contribution in [2.24, 2.45) is 0 Å². The molecule has 2 aromatic rings. The molecule has 0 radical (unpaired) electrons. The summed E-state index contributed by atoms with van der Waals surface area (Å²) >= 11 is 0. The second-order valence-electron chi connectivity index (χ2n) is 6.46. The van der Waals surface area contributed by atoms with E-state index in [4.69, 9.17) is 5.73 Å². The van der Waals surface area contributed by atoms with Crippen LogP contribution < -0.4 is 11.1 Å². The number of rotatable bonds is 4. The van der Waals surface area contributed by atoms with Gasteiger partial charge in [0.25, 0.3) is 5.91 Å². The van der Waals surface area contributed by atoms with E-state index in [2.05, 4.69) is 22.2 Å². The summed E-state index contributed by atoms with van der Waals surface area (Å²) in [4.78, 5) is 23.2. The van der Waals surface area contributed by atoms with Crippen LogP contribution in [0.3, 0.4) is 0 Å². The van der Waals surface area contributed by atoms with Crippen LogP contribution in [0.4, 0.5) is 11.8 Å². The van der Waals surface area contributed by atoms with Gasteiger partial charge in [0.15, 0.2) is 0 Å². The predicted octanol–water partition coefficient (Wildman–Crippen LogP) is 2.65. The van der Waals surface area contributed by atoms with Crippen LogP contribution in [0.1, 0.15) is 41.4 Å². The first kappa shape index (κ1) is 17.2. The number of anilines is 2. The van der Waals surface area contributed by atoms with Crippen LogP contribution in [0.2, 0.25) is 0 Å².